The molecule has 3 N–H and O–H groups in total. The van der Waals surface area contributed by atoms with Crippen molar-refractivity contribution in [1.82, 2.24) is 15.0 Å². The zero-order valence-electron chi connectivity index (χ0n) is 27.7. The number of unbranched alkanes of at least 4 members (excludes halogenated alkanes) is 3. The molecule has 0 spiro atoms. The van der Waals surface area contributed by atoms with Crippen LogP contribution in [0.25, 0.3) is 34.2 Å². The Balaban J connectivity index is 1.62. The molecule has 2 unspecified atom stereocenters. The normalized spacial score (nSPS) is 12.5. The van der Waals surface area contributed by atoms with Gasteiger partial charge in [0.05, 0.1) is 24.3 Å². The van der Waals surface area contributed by atoms with Crippen molar-refractivity contribution in [3.05, 3.63) is 60.7 Å². The van der Waals surface area contributed by atoms with Crippen LogP contribution >= 0.6 is 0 Å². The molecule has 0 bridgehead atoms. The van der Waals surface area contributed by atoms with E-state index in [1.807, 2.05) is 6.07 Å². The highest BCUT2D eigenvalue weighted by Gasteiger charge is 2.18. The topological polar surface area (TPSA) is 118 Å². The predicted molar refractivity (Wildman–Crippen MR) is 183 cm³/mol. The number of benzene rings is 3. The molecule has 0 radical (unpaired) electrons. The molecule has 2 atom stereocenters. The standard InChI is InChI=1S/C38H49N3O5/c1-5-9-11-13-27(8-4)25-46-31-19-21-33(35(44)23-31)38-40-36(28-14-16-29(42)17-15-28)39-37(41-38)32-20-18-30(22-34(32)43)45-24-26(7-3)12-10-6-2/h14-23,26-27,42-44H,5-13,24-25H2,1-4H3. The zero-order valence-corrected chi connectivity index (χ0v) is 27.7. The molecule has 4 rings (SSSR count). The molecule has 1 heterocycles. The van der Waals surface area contributed by atoms with Gasteiger partial charge in [-0.1, -0.05) is 72.6 Å². The Morgan fingerprint density at radius 3 is 1.50 bits per heavy atom. The molecule has 46 heavy (non-hydrogen) atoms. The van der Waals surface area contributed by atoms with Crippen molar-refractivity contribution in [2.24, 2.45) is 11.8 Å². The minimum absolute atomic E-state index is 0.0214. The lowest BCUT2D eigenvalue weighted by Gasteiger charge is -2.17. The lowest BCUT2D eigenvalue weighted by Crippen LogP contribution is -2.11. The van der Waals surface area contributed by atoms with E-state index in [1.54, 1.807) is 54.6 Å². The van der Waals surface area contributed by atoms with Gasteiger partial charge in [-0.15, -0.1) is 0 Å². The van der Waals surface area contributed by atoms with Crippen LogP contribution in [0.2, 0.25) is 0 Å². The first-order valence-corrected chi connectivity index (χ1v) is 16.8. The van der Waals surface area contributed by atoms with Gasteiger partial charge < -0.3 is 24.8 Å². The van der Waals surface area contributed by atoms with E-state index in [0.29, 0.717) is 59.1 Å². The van der Waals surface area contributed by atoms with Crippen molar-refractivity contribution in [3.63, 3.8) is 0 Å². The highest BCUT2D eigenvalue weighted by Crippen LogP contribution is 2.36. The highest BCUT2D eigenvalue weighted by molar-refractivity contribution is 5.72. The van der Waals surface area contributed by atoms with E-state index in [0.717, 1.165) is 32.1 Å². The zero-order chi connectivity index (χ0) is 32.9. The Kier molecular flexibility index (Phi) is 13.1. The molecule has 0 aliphatic carbocycles. The first-order chi connectivity index (χ1) is 22.3. The first kappa shape index (κ1) is 34.5. The van der Waals surface area contributed by atoms with Gasteiger partial charge in [0.25, 0.3) is 0 Å². The fourth-order valence-electron chi connectivity index (χ4n) is 5.35. The van der Waals surface area contributed by atoms with Crippen LogP contribution in [0, 0.1) is 11.8 Å². The quantitative estimate of drug-likeness (QED) is 0.0934. The Morgan fingerprint density at radius 1 is 0.565 bits per heavy atom. The lowest BCUT2D eigenvalue weighted by molar-refractivity contribution is 0.232. The first-order valence-electron chi connectivity index (χ1n) is 16.8. The van der Waals surface area contributed by atoms with Crippen LogP contribution in [0.5, 0.6) is 28.7 Å². The van der Waals surface area contributed by atoms with Crippen molar-refractivity contribution in [2.45, 2.75) is 85.5 Å². The molecule has 3 aromatic carbocycles. The molecular formula is C38H49N3O5. The molecule has 8 heteroatoms. The lowest BCUT2D eigenvalue weighted by atomic mass is 10.00. The maximum atomic E-state index is 11.1. The van der Waals surface area contributed by atoms with E-state index >= 15 is 0 Å². The Morgan fingerprint density at radius 2 is 1.04 bits per heavy atom. The van der Waals surface area contributed by atoms with Crippen molar-refractivity contribution >= 4 is 0 Å². The molecule has 0 amide bonds. The summed E-state index contributed by atoms with van der Waals surface area (Å²) in [6.07, 6.45) is 10.2. The Hall–Kier alpha value is -4.33. The van der Waals surface area contributed by atoms with Gasteiger partial charge in [-0.3, -0.25) is 0 Å². The maximum Gasteiger partial charge on any atom is 0.167 e. The van der Waals surface area contributed by atoms with Gasteiger partial charge in [-0.2, -0.15) is 0 Å². The van der Waals surface area contributed by atoms with Gasteiger partial charge in [-0.05, 0) is 73.2 Å². The number of phenols is 3. The number of aromatic nitrogens is 3. The van der Waals surface area contributed by atoms with Gasteiger partial charge >= 0.3 is 0 Å². The highest BCUT2D eigenvalue weighted by atomic mass is 16.5. The van der Waals surface area contributed by atoms with E-state index in [1.165, 1.54) is 25.7 Å². The maximum absolute atomic E-state index is 11.1. The predicted octanol–water partition coefficient (Wildman–Crippen LogP) is 9.57. The summed E-state index contributed by atoms with van der Waals surface area (Å²) in [7, 11) is 0. The summed E-state index contributed by atoms with van der Waals surface area (Å²) in [4.78, 5) is 14.0. The van der Waals surface area contributed by atoms with E-state index in [2.05, 4.69) is 42.6 Å². The SMILES string of the molecule is CCCCCC(CC)COc1ccc(-c2nc(-c3ccc(O)cc3)nc(-c3ccc(OCC(CC)CCCC)cc3O)n2)c(O)c1. The molecule has 1 aromatic heterocycles. The Bertz CT molecular complexity index is 1530. The number of rotatable bonds is 18. The Labute approximate surface area is 273 Å². The van der Waals surface area contributed by atoms with Crippen LogP contribution in [-0.4, -0.2) is 43.5 Å². The summed E-state index contributed by atoms with van der Waals surface area (Å²) in [6, 6.07) is 16.8. The van der Waals surface area contributed by atoms with Gasteiger partial charge in [0.2, 0.25) is 0 Å². The average molecular weight is 628 g/mol. The summed E-state index contributed by atoms with van der Waals surface area (Å²) >= 11 is 0. The summed E-state index contributed by atoms with van der Waals surface area (Å²) in [5.41, 5.74) is 1.46. The number of phenolic OH excluding ortho intramolecular Hbond substituents is 3. The van der Waals surface area contributed by atoms with Gasteiger partial charge in [0.1, 0.15) is 28.7 Å². The number of hydrogen-bond donors (Lipinski definition) is 3. The second-order valence-corrected chi connectivity index (χ2v) is 12.0. The van der Waals surface area contributed by atoms with Crippen LogP contribution in [0.1, 0.15) is 85.5 Å². The van der Waals surface area contributed by atoms with Crippen molar-refractivity contribution in [3.8, 4) is 62.9 Å². The van der Waals surface area contributed by atoms with Crippen molar-refractivity contribution in [1.29, 1.82) is 0 Å². The van der Waals surface area contributed by atoms with Crippen LogP contribution in [-0.2, 0) is 0 Å². The van der Waals surface area contributed by atoms with Gasteiger partial charge in [0, 0.05) is 17.7 Å². The van der Waals surface area contributed by atoms with Crippen molar-refractivity contribution in [2.75, 3.05) is 13.2 Å². The summed E-state index contributed by atoms with van der Waals surface area (Å²) in [5.74, 6) is 2.97. The monoisotopic (exact) mass is 627 g/mol. The molecular weight excluding hydrogens is 578 g/mol. The third-order valence-corrected chi connectivity index (χ3v) is 8.49. The number of nitrogens with zero attached hydrogens (tertiary/aromatic N) is 3. The molecule has 8 nitrogen and oxygen atoms in total. The third-order valence-electron chi connectivity index (χ3n) is 8.49. The minimum Gasteiger partial charge on any atom is -0.508 e. The van der Waals surface area contributed by atoms with E-state index in [9.17, 15) is 15.3 Å². The molecule has 0 aliphatic heterocycles. The molecule has 0 saturated heterocycles. The largest absolute Gasteiger partial charge is 0.508 e. The molecule has 0 saturated carbocycles. The second kappa shape index (κ2) is 17.4. The van der Waals surface area contributed by atoms with Crippen LogP contribution in [0.4, 0.5) is 0 Å². The molecule has 0 fully saturated rings. The second-order valence-electron chi connectivity index (χ2n) is 12.0. The van der Waals surface area contributed by atoms with Crippen LogP contribution in [0.3, 0.4) is 0 Å². The fourth-order valence-corrected chi connectivity index (χ4v) is 5.35. The third kappa shape index (κ3) is 9.59. The summed E-state index contributed by atoms with van der Waals surface area (Å²) in [6.45, 7) is 9.93. The van der Waals surface area contributed by atoms with Crippen molar-refractivity contribution < 1.29 is 24.8 Å². The van der Waals surface area contributed by atoms with Gasteiger partial charge in [-0.25, -0.2) is 15.0 Å². The molecule has 4 aromatic rings. The minimum atomic E-state index is -0.0229. The molecule has 246 valence electrons. The summed E-state index contributed by atoms with van der Waals surface area (Å²) < 4.78 is 12.1. The molecule has 0 aliphatic rings. The number of aromatic hydroxyl groups is 3. The van der Waals surface area contributed by atoms with Crippen LogP contribution < -0.4 is 9.47 Å². The van der Waals surface area contributed by atoms with Gasteiger partial charge in [0.15, 0.2) is 17.5 Å². The van der Waals surface area contributed by atoms with E-state index in [4.69, 9.17) is 9.47 Å². The smallest absolute Gasteiger partial charge is 0.167 e. The van der Waals surface area contributed by atoms with E-state index in [-0.39, 0.29) is 28.9 Å². The van der Waals surface area contributed by atoms with Crippen LogP contribution in [0.15, 0.2) is 60.7 Å². The number of hydrogen-bond acceptors (Lipinski definition) is 8. The summed E-state index contributed by atoms with van der Waals surface area (Å²) in [5, 5.41) is 32.0. The average Bonchev–Trinajstić information content (AvgIpc) is 3.06. The number of ether oxygens (including phenoxy) is 2. The fraction of sp³-hybridized carbons (Fsp3) is 0.447. The van der Waals surface area contributed by atoms with E-state index < -0.39 is 0 Å².